The standard InChI is InChI=1S/C21H24N4O3S2.C14H18N4S.C7H7ClO3S/c1-16-4-3-5-17(14-16)15-20-22-21(29-23-20)24-10-12-25(13-11-24)30(26,27)19-8-6-18(28-2)7-9-19;1-11-3-2-4-12(9-11)10-13-16-14(19-17-13)18-7-5-15-6-8-18;1-11-6-2-4-7(5-3-6)12(8,9)10/h3-9,14H,10-13,15H2,1-2H3;2-4,9,15H,5-8,10H2,1H3;2-5H,1H3. The number of benzene rings is 4. The van der Waals surface area contributed by atoms with Gasteiger partial charge in [-0.05, 0) is 73.5 Å². The Hall–Kier alpha value is -4.69. The minimum absolute atomic E-state index is 0.0740. The first-order chi connectivity index (χ1) is 29.3. The average molecular weight is 926 g/mol. The first-order valence-corrected chi connectivity index (χ1v) is 24.8. The van der Waals surface area contributed by atoms with Crippen LogP contribution in [0.5, 0.6) is 11.5 Å². The molecule has 2 aromatic heterocycles. The van der Waals surface area contributed by atoms with Crippen LogP contribution >= 0.6 is 33.7 Å². The van der Waals surface area contributed by atoms with E-state index in [2.05, 4.69) is 90.1 Å². The Kier molecular flexibility index (Phi) is 16.1. The third-order valence-electron chi connectivity index (χ3n) is 9.74. The average Bonchev–Trinajstić information content (AvgIpc) is 3.94. The molecule has 19 heteroatoms. The second-order valence-corrected chi connectivity index (χ2v) is 20.2. The van der Waals surface area contributed by atoms with Crippen LogP contribution in [-0.4, -0.2) is 106 Å². The summed E-state index contributed by atoms with van der Waals surface area (Å²) in [6, 6.07) is 29.2. The van der Waals surface area contributed by atoms with Crippen LogP contribution in [0.2, 0.25) is 0 Å². The topological polar surface area (TPSA) is 160 Å². The molecule has 6 aromatic rings. The first kappa shape index (κ1) is 45.8. The molecule has 0 bridgehead atoms. The highest BCUT2D eigenvalue weighted by Gasteiger charge is 2.29. The van der Waals surface area contributed by atoms with Crippen LogP contribution in [0.25, 0.3) is 0 Å². The Morgan fingerprint density at radius 1 is 0.623 bits per heavy atom. The van der Waals surface area contributed by atoms with E-state index in [0.29, 0.717) is 44.1 Å². The van der Waals surface area contributed by atoms with Gasteiger partial charge in [0.15, 0.2) is 0 Å². The summed E-state index contributed by atoms with van der Waals surface area (Å²) >= 11 is 2.89. The van der Waals surface area contributed by atoms with E-state index in [4.69, 9.17) is 20.2 Å². The van der Waals surface area contributed by atoms with Gasteiger partial charge >= 0.3 is 0 Å². The Bertz CT molecular complexity index is 2540. The highest BCUT2D eigenvalue weighted by Crippen LogP contribution is 2.25. The molecule has 4 aromatic carbocycles. The molecule has 0 radical (unpaired) electrons. The predicted octanol–water partition coefficient (Wildman–Crippen LogP) is 6.43. The number of nitrogens with zero attached hydrogens (tertiary/aromatic N) is 7. The van der Waals surface area contributed by atoms with Crippen LogP contribution in [0, 0.1) is 13.8 Å². The van der Waals surface area contributed by atoms with E-state index in [-0.39, 0.29) is 9.79 Å². The molecular formula is C42H49ClN8O6S4. The Labute approximate surface area is 371 Å². The van der Waals surface area contributed by atoms with Crippen LogP contribution < -0.4 is 24.6 Å². The largest absolute Gasteiger partial charge is 0.497 e. The molecule has 2 saturated heterocycles. The van der Waals surface area contributed by atoms with Gasteiger partial charge in [-0.3, -0.25) is 0 Å². The van der Waals surface area contributed by atoms with Crippen molar-refractivity contribution in [3.8, 4) is 11.5 Å². The second-order valence-electron chi connectivity index (χ2n) is 14.2. The van der Waals surface area contributed by atoms with Gasteiger partial charge in [0.1, 0.15) is 23.1 Å². The summed E-state index contributed by atoms with van der Waals surface area (Å²) in [7, 11) is 1.02. The number of aryl methyl sites for hydroxylation is 2. The van der Waals surface area contributed by atoms with Gasteiger partial charge < -0.3 is 24.6 Å². The van der Waals surface area contributed by atoms with Crippen LogP contribution in [0.4, 0.5) is 10.3 Å². The van der Waals surface area contributed by atoms with Gasteiger partial charge in [-0.25, -0.2) is 26.8 Å². The zero-order valence-electron chi connectivity index (χ0n) is 34.4. The van der Waals surface area contributed by atoms with Gasteiger partial charge in [-0.1, -0.05) is 59.7 Å². The molecule has 4 heterocycles. The van der Waals surface area contributed by atoms with Crippen molar-refractivity contribution >= 4 is 63.1 Å². The fourth-order valence-corrected chi connectivity index (χ4v) is 10.2. The van der Waals surface area contributed by atoms with E-state index in [1.807, 2.05) is 6.07 Å². The van der Waals surface area contributed by atoms with Crippen molar-refractivity contribution in [2.75, 3.05) is 76.4 Å². The smallest absolute Gasteiger partial charge is 0.261 e. The van der Waals surface area contributed by atoms with Gasteiger partial charge in [0.05, 0.1) is 24.0 Å². The summed E-state index contributed by atoms with van der Waals surface area (Å²) in [5.41, 5.74) is 4.98. The molecule has 0 amide bonds. The van der Waals surface area contributed by atoms with Crippen molar-refractivity contribution in [3.05, 3.63) is 131 Å². The molecule has 1 N–H and O–H groups in total. The van der Waals surface area contributed by atoms with Crippen LogP contribution in [0.1, 0.15) is 33.9 Å². The summed E-state index contributed by atoms with van der Waals surface area (Å²) in [5, 5.41) is 5.26. The number of rotatable bonds is 11. The first-order valence-electron chi connectivity index (χ1n) is 19.5. The molecule has 0 atom stereocenters. The number of hydrogen-bond donors (Lipinski definition) is 1. The number of piperazine rings is 2. The van der Waals surface area contributed by atoms with Crippen LogP contribution in [-0.2, 0) is 31.9 Å². The maximum atomic E-state index is 12.9. The number of halogens is 1. The fraction of sp³-hybridized carbons (Fsp3) is 0.333. The molecule has 0 spiro atoms. The molecule has 8 rings (SSSR count). The van der Waals surface area contributed by atoms with E-state index >= 15 is 0 Å². The lowest BCUT2D eigenvalue weighted by atomic mass is 10.1. The van der Waals surface area contributed by atoms with Gasteiger partial charge in [0.2, 0.25) is 20.3 Å². The highest BCUT2D eigenvalue weighted by atomic mass is 35.7. The Balaban J connectivity index is 0.000000171. The third kappa shape index (κ3) is 13.2. The molecule has 0 unspecified atom stereocenters. The number of anilines is 2. The van der Waals surface area contributed by atoms with Crippen molar-refractivity contribution < 1.29 is 26.3 Å². The summed E-state index contributed by atoms with van der Waals surface area (Å²) in [6.45, 7) is 10.3. The van der Waals surface area contributed by atoms with E-state index < -0.39 is 19.1 Å². The fourth-order valence-electron chi connectivity index (χ4n) is 6.51. The molecule has 61 heavy (non-hydrogen) atoms. The number of methoxy groups -OCH3 is 2. The van der Waals surface area contributed by atoms with Crippen molar-refractivity contribution in [3.63, 3.8) is 0 Å². The Morgan fingerprint density at radius 3 is 1.49 bits per heavy atom. The normalized spacial score (nSPS) is 14.6. The minimum Gasteiger partial charge on any atom is -0.497 e. The van der Waals surface area contributed by atoms with E-state index in [0.717, 1.165) is 54.5 Å². The number of nitrogens with one attached hydrogen (secondary N) is 1. The number of hydrogen-bond acceptors (Lipinski definition) is 15. The number of sulfonamides is 1. The summed E-state index contributed by atoms with van der Waals surface area (Å²) in [4.78, 5) is 14.1. The monoisotopic (exact) mass is 924 g/mol. The third-order valence-corrected chi connectivity index (χ3v) is 14.7. The van der Waals surface area contributed by atoms with E-state index in [9.17, 15) is 16.8 Å². The molecule has 2 fully saturated rings. The van der Waals surface area contributed by atoms with Crippen molar-refractivity contribution in [2.24, 2.45) is 0 Å². The van der Waals surface area contributed by atoms with Gasteiger partial charge in [0.25, 0.3) is 9.05 Å². The van der Waals surface area contributed by atoms with Crippen LogP contribution in [0.3, 0.4) is 0 Å². The van der Waals surface area contributed by atoms with Crippen molar-refractivity contribution in [2.45, 2.75) is 36.5 Å². The number of ether oxygens (including phenoxy) is 2. The molecule has 324 valence electrons. The van der Waals surface area contributed by atoms with Gasteiger partial charge in [-0.2, -0.15) is 13.1 Å². The van der Waals surface area contributed by atoms with Gasteiger partial charge in [0, 0.05) is 98.9 Å². The van der Waals surface area contributed by atoms with Crippen LogP contribution in [0.15, 0.2) is 107 Å². The maximum absolute atomic E-state index is 12.9. The SMILES string of the molecule is COc1ccc(S(=O)(=O)Cl)cc1.COc1ccc(S(=O)(=O)N2CCN(c3nc(Cc4cccc(C)c4)ns3)CC2)cc1.Cc1cccc(Cc2nsc(N3CCNCC3)n2)c1. The lowest BCUT2D eigenvalue weighted by Gasteiger charge is -2.33. The van der Waals surface area contributed by atoms with E-state index in [1.54, 1.807) is 31.4 Å². The highest BCUT2D eigenvalue weighted by molar-refractivity contribution is 8.13. The molecule has 0 aliphatic carbocycles. The Morgan fingerprint density at radius 2 is 1.07 bits per heavy atom. The zero-order valence-corrected chi connectivity index (χ0v) is 38.4. The maximum Gasteiger partial charge on any atom is 0.261 e. The number of aromatic nitrogens is 4. The summed E-state index contributed by atoms with van der Waals surface area (Å²) in [6.07, 6.45) is 1.52. The molecule has 0 saturated carbocycles. The van der Waals surface area contributed by atoms with E-state index in [1.165, 1.54) is 81.0 Å². The quantitative estimate of drug-likeness (QED) is 0.142. The summed E-state index contributed by atoms with van der Waals surface area (Å²) in [5.74, 6) is 2.97. The molecular weight excluding hydrogens is 876 g/mol. The van der Waals surface area contributed by atoms with Gasteiger partial charge in [-0.15, -0.1) is 0 Å². The zero-order chi connectivity index (χ0) is 43.4. The predicted molar refractivity (Wildman–Crippen MR) is 243 cm³/mol. The second kappa shape index (κ2) is 21.4. The van der Waals surface area contributed by atoms with Crippen molar-refractivity contribution in [1.82, 2.24) is 28.3 Å². The molecule has 14 nitrogen and oxygen atoms in total. The lowest BCUT2D eigenvalue weighted by Crippen LogP contribution is -2.48. The molecule has 2 aliphatic heterocycles. The molecule has 2 aliphatic rings. The minimum atomic E-state index is -3.61. The summed E-state index contributed by atoms with van der Waals surface area (Å²) < 4.78 is 67.8. The lowest BCUT2D eigenvalue weighted by molar-refractivity contribution is 0.384. The van der Waals surface area contributed by atoms with Crippen molar-refractivity contribution in [1.29, 1.82) is 0 Å².